The molecule has 0 atom stereocenters. The zero-order valence-corrected chi connectivity index (χ0v) is 8.42. The van der Waals surface area contributed by atoms with Gasteiger partial charge in [-0.05, 0) is 12.1 Å². The molecular weight excluding hydrogens is 206 g/mol. The third-order valence-corrected chi connectivity index (χ3v) is 2.22. The lowest BCUT2D eigenvalue weighted by Gasteiger charge is -2.11. The number of anilines is 2. The monoisotopic (exact) mass is 217 g/mol. The van der Waals surface area contributed by atoms with Gasteiger partial charge in [0, 0.05) is 18.0 Å². The first-order valence-electron chi connectivity index (χ1n) is 4.56. The van der Waals surface area contributed by atoms with Gasteiger partial charge in [0.2, 0.25) is 5.91 Å². The fraction of sp³-hybridized carbons (Fsp3) is 0. The van der Waals surface area contributed by atoms with Gasteiger partial charge in [-0.25, -0.2) is 4.98 Å². The van der Waals surface area contributed by atoms with Crippen LogP contribution in [0.25, 0.3) is 5.69 Å². The highest BCUT2D eigenvalue weighted by atomic mass is 16.1. The standard InChI is InChI=1S/C10H11N5O/c11-7-3-6(10(13)16)4-8(12)9(7)15-2-1-14-5-15/h1-5H,11-12H2,(H2,13,16). The molecule has 0 spiro atoms. The van der Waals surface area contributed by atoms with Crippen molar-refractivity contribution in [3.05, 3.63) is 36.4 Å². The largest absolute Gasteiger partial charge is 0.397 e. The summed E-state index contributed by atoms with van der Waals surface area (Å²) in [6.45, 7) is 0. The van der Waals surface area contributed by atoms with Crippen LogP contribution in [0, 0.1) is 0 Å². The van der Waals surface area contributed by atoms with Crippen LogP contribution in [0.1, 0.15) is 10.4 Å². The first-order valence-corrected chi connectivity index (χ1v) is 4.56. The molecule has 0 bridgehead atoms. The maximum Gasteiger partial charge on any atom is 0.248 e. The molecule has 16 heavy (non-hydrogen) atoms. The molecule has 1 aromatic carbocycles. The van der Waals surface area contributed by atoms with Crippen LogP contribution in [-0.2, 0) is 0 Å². The van der Waals surface area contributed by atoms with Crippen LogP contribution >= 0.6 is 0 Å². The highest BCUT2D eigenvalue weighted by Gasteiger charge is 2.10. The summed E-state index contributed by atoms with van der Waals surface area (Å²) in [6, 6.07) is 2.99. The van der Waals surface area contributed by atoms with Crippen molar-refractivity contribution in [1.29, 1.82) is 0 Å². The van der Waals surface area contributed by atoms with Crippen molar-refractivity contribution in [3.63, 3.8) is 0 Å². The summed E-state index contributed by atoms with van der Waals surface area (Å²) >= 11 is 0. The van der Waals surface area contributed by atoms with Crippen molar-refractivity contribution in [3.8, 4) is 5.69 Å². The van der Waals surface area contributed by atoms with Gasteiger partial charge in [0.05, 0.1) is 23.4 Å². The maximum absolute atomic E-state index is 11.0. The SMILES string of the molecule is NC(=O)c1cc(N)c(-n2ccnc2)c(N)c1. The molecule has 82 valence electrons. The number of nitrogens with two attached hydrogens (primary N) is 3. The number of primary amides is 1. The van der Waals surface area contributed by atoms with Gasteiger partial charge in [0.15, 0.2) is 0 Å². The van der Waals surface area contributed by atoms with Gasteiger partial charge in [0.25, 0.3) is 0 Å². The summed E-state index contributed by atoms with van der Waals surface area (Å²) in [5.41, 5.74) is 18.4. The van der Waals surface area contributed by atoms with Crippen molar-refractivity contribution in [2.24, 2.45) is 5.73 Å². The van der Waals surface area contributed by atoms with Gasteiger partial charge >= 0.3 is 0 Å². The summed E-state index contributed by atoms with van der Waals surface area (Å²) in [4.78, 5) is 14.9. The van der Waals surface area contributed by atoms with Crippen LogP contribution in [-0.4, -0.2) is 15.5 Å². The van der Waals surface area contributed by atoms with Crippen LogP contribution in [0.3, 0.4) is 0 Å². The second kappa shape index (κ2) is 3.58. The zero-order chi connectivity index (χ0) is 11.7. The third kappa shape index (κ3) is 1.56. The van der Waals surface area contributed by atoms with Gasteiger partial charge < -0.3 is 21.8 Å². The van der Waals surface area contributed by atoms with Gasteiger partial charge in [-0.3, -0.25) is 4.79 Å². The van der Waals surface area contributed by atoms with Crippen LogP contribution in [0.5, 0.6) is 0 Å². The number of aromatic nitrogens is 2. The number of rotatable bonds is 2. The molecule has 0 fully saturated rings. The summed E-state index contributed by atoms with van der Waals surface area (Å²) in [7, 11) is 0. The molecule has 2 rings (SSSR count). The zero-order valence-electron chi connectivity index (χ0n) is 8.42. The number of nitrogens with zero attached hydrogens (tertiary/aromatic N) is 2. The van der Waals surface area contributed by atoms with Crippen LogP contribution in [0.4, 0.5) is 11.4 Å². The number of imidazole rings is 1. The Labute approximate surface area is 91.7 Å². The normalized spacial score (nSPS) is 10.2. The van der Waals surface area contributed by atoms with E-state index in [2.05, 4.69) is 4.98 Å². The van der Waals surface area contributed by atoms with E-state index < -0.39 is 5.91 Å². The molecule has 0 aliphatic rings. The molecule has 1 amide bonds. The highest BCUT2D eigenvalue weighted by molar-refractivity contribution is 5.96. The van der Waals surface area contributed by atoms with E-state index in [0.717, 1.165) is 0 Å². The van der Waals surface area contributed by atoms with Crippen molar-refractivity contribution in [1.82, 2.24) is 9.55 Å². The lowest BCUT2D eigenvalue weighted by molar-refractivity contribution is 0.100. The summed E-state index contributed by atoms with van der Waals surface area (Å²) in [6.07, 6.45) is 4.90. The average molecular weight is 217 g/mol. The summed E-state index contributed by atoms with van der Waals surface area (Å²) in [5, 5.41) is 0. The predicted molar refractivity (Wildman–Crippen MR) is 60.9 cm³/mol. The molecule has 1 heterocycles. The Kier molecular flexibility index (Phi) is 2.24. The Balaban J connectivity index is 2.61. The maximum atomic E-state index is 11.0. The Bertz CT molecular complexity index is 509. The number of carbonyl (C=O) groups is 1. The molecule has 1 aromatic heterocycles. The molecule has 2 aromatic rings. The average Bonchev–Trinajstić information content (AvgIpc) is 2.69. The van der Waals surface area contributed by atoms with Gasteiger partial charge in [-0.15, -0.1) is 0 Å². The second-order valence-electron chi connectivity index (χ2n) is 3.34. The van der Waals surface area contributed by atoms with E-state index in [-0.39, 0.29) is 0 Å². The van der Waals surface area contributed by atoms with Crippen molar-refractivity contribution >= 4 is 17.3 Å². The lowest BCUT2D eigenvalue weighted by Crippen LogP contribution is -2.13. The lowest BCUT2D eigenvalue weighted by atomic mass is 10.1. The van der Waals surface area contributed by atoms with Gasteiger partial charge in [-0.1, -0.05) is 0 Å². The van der Waals surface area contributed by atoms with Crippen LogP contribution in [0.2, 0.25) is 0 Å². The van der Waals surface area contributed by atoms with Crippen molar-refractivity contribution in [2.75, 3.05) is 11.5 Å². The molecule has 0 aliphatic carbocycles. The Morgan fingerprint density at radius 1 is 1.25 bits per heavy atom. The summed E-state index contributed by atoms with van der Waals surface area (Å²) in [5.74, 6) is -0.560. The van der Waals surface area contributed by atoms with E-state index in [1.807, 2.05) is 0 Å². The number of carbonyl (C=O) groups excluding carboxylic acids is 1. The fourth-order valence-corrected chi connectivity index (χ4v) is 1.51. The predicted octanol–water partition coefficient (Wildman–Crippen LogP) is 0.136. The number of nitrogen functional groups attached to an aromatic ring is 2. The number of hydrogen-bond donors (Lipinski definition) is 3. The minimum absolute atomic E-state index is 0.291. The molecular formula is C10H11N5O. The molecule has 6 N–H and O–H groups in total. The van der Waals surface area contributed by atoms with E-state index in [1.165, 1.54) is 12.1 Å². The molecule has 0 unspecified atom stereocenters. The Hall–Kier alpha value is -2.50. The molecule has 6 nitrogen and oxygen atoms in total. The number of hydrogen-bond acceptors (Lipinski definition) is 4. The van der Waals surface area contributed by atoms with Crippen LogP contribution < -0.4 is 17.2 Å². The number of benzene rings is 1. The van der Waals surface area contributed by atoms with E-state index in [1.54, 1.807) is 23.3 Å². The second-order valence-corrected chi connectivity index (χ2v) is 3.34. The van der Waals surface area contributed by atoms with Crippen molar-refractivity contribution < 1.29 is 4.79 Å². The highest BCUT2D eigenvalue weighted by Crippen LogP contribution is 2.25. The molecule has 0 saturated heterocycles. The molecule has 6 heteroatoms. The first-order chi connectivity index (χ1) is 7.59. The molecule has 0 saturated carbocycles. The van der Waals surface area contributed by atoms with Gasteiger partial charge in [-0.2, -0.15) is 0 Å². The summed E-state index contributed by atoms with van der Waals surface area (Å²) < 4.78 is 1.68. The molecule has 0 aliphatic heterocycles. The van der Waals surface area contributed by atoms with Crippen LogP contribution in [0.15, 0.2) is 30.9 Å². The van der Waals surface area contributed by atoms with E-state index in [4.69, 9.17) is 17.2 Å². The number of amides is 1. The minimum atomic E-state index is -0.560. The quantitative estimate of drug-likeness (QED) is 0.620. The van der Waals surface area contributed by atoms with Gasteiger partial charge in [0.1, 0.15) is 0 Å². The topological polar surface area (TPSA) is 113 Å². The Morgan fingerprint density at radius 2 is 1.88 bits per heavy atom. The minimum Gasteiger partial charge on any atom is -0.397 e. The Morgan fingerprint density at radius 3 is 2.31 bits per heavy atom. The molecule has 0 radical (unpaired) electrons. The fourth-order valence-electron chi connectivity index (χ4n) is 1.51. The van der Waals surface area contributed by atoms with E-state index >= 15 is 0 Å². The van der Waals surface area contributed by atoms with E-state index in [9.17, 15) is 4.79 Å². The first kappa shape index (κ1) is 10.0. The third-order valence-electron chi connectivity index (χ3n) is 2.22. The van der Waals surface area contributed by atoms with Crippen molar-refractivity contribution in [2.45, 2.75) is 0 Å². The smallest absolute Gasteiger partial charge is 0.248 e. The van der Waals surface area contributed by atoms with E-state index in [0.29, 0.717) is 22.6 Å².